The van der Waals surface area contributed by atoms with E-state index in [2.05, 4.69) is 9.97 Å². The molecule has 1 aliphatic rings. The molecule has 0 aliphatic carbocycles. The number of hydrogen-bond acceptors (Lipinski definition) is 6. The number of aliphatic hydroxyl groups excluding tert-OH is 1. The van der Waals surface area contributed by atoms with E-state index in [0.717, 1.165) is 29.0 Å². The molecule has 1 saturated heterocycles. The average Bonchev–Trinajstić information content (AvgIpc) is 3.18. The fourth-order valence-corrected chi connectivity index (χ4v) is 4.25. The van der Waals surface area contributed by atoms with Crippen LogP contribution in [0.4, 0.5) is 8.78 Å². The van der Waals surface area contributed by atoms with Crippen molar-refractivity contribution >= 4 is 17.1 Å². The van der Waals surface area contributed by atoms with Gasteiger partial charge in [0.05, 0.1) is 17.8 Å². The van der Waals surface area contributed by atoms with Crippen LogP contribution >= 0.6 is 11.3 Å². The van der Waals surface area contributed by atoms with Crippen LogP contribution in [-0.4, -0.2) is 33.6 Å². The summed E-state index contributed by atoms with van der Waals surface area (Å²) in [6.07, 6.45) is 3.55. The van der Waals surface area contributed by atoms with Crippen LogP contribution in [0.3, 0.4) is 0 Å². The number of Topliss-reactive ketones (excluding diaryl/α,β-unsaturated/α-hetero) is 1. The minimum Gasteiger partial charge on any atom is -0.393 e. The number of benzene rings is 1. The third-order valence-corrected chi connectivity index (χ3v) is 5.72. The van der Waals surface area contributed by atoms with E-state index in [9.17, 15) is 18.7 Å². The van der Waals surface area contributed by atoms with Crippen molar-refractivity contribution in [2.24, 2.45) is 0 Å². The Labute approximate surface area is 170 Å². The third-order valence-electron chi connectivity index (χ3n) is 4.86. The number of halogens is 2. The van der Waals surface area contributed by atoms with Crippen molar-refractivity contribution in [3.63, 3.8) is 0 Å². The lowest BCUT2D eigenvalue weighted by Crippen LogP contribution is -2.24. The summed E-state index contributed by atoms with van der Waals surface area (Å²) in [6, 6.07) is 5.37. The summed E-state index contributed by atoms with van der Waals surface area (Å²) in [6.45, 7) is 0.450. The van der Waals surface area contributed by atoms with Crippen molar-refractivity contribution in [1.29, 1.82) is 0 Å². The molecule has 1 aromatic carbocycles. The lowest BCUT2D eigenvalue weighted by molar-refractivity contribution is -0.0451. The number of aliphatic hydroxyl groups is 1. The fraction of sp³-hybridized carbons (Fsp3) is 0.286. The van der Waals surface area contributed by atoms with Crippen molar-refractivity contribution in [3.05, 3.63) is 70.5 Å². The molecule has 1 fully saturated rings. The van der Waals surface area contributed by atoms with Gasteiger partial charge < -0.3 is 9.84 Å². The second kappa shape index (κ2) is 8.44. The smallest absolute Gasteiger partial charge is 0.186 e. The second-order valence-electron chi connectivity index (χ2n) is 6.85. The number of ether oxygens (including phenoxy) is 1. The highest BCUT2D eigenvalue weighted by molar-refractivity contribution is 7.13. The Morgan fingerprint density at radius 3 is 2.83 bits per heavy atom. The van der Waals surface area contributed by atoms with E-state index < -0.39 is 17.7 Å². The number of carbonyl (C=O) groups is 1. The van der Waals surface area contributed by atoms with Gasteiger partial charge in [-0.3, -0.25) is 9.78 Å². The van der Waals surface area contributed by atoms with E-state index in [1.807, 2.05) is 0 Å². The topological polar surface area (TPSA) is 72.3 Å². The summed E-state index contributed by atoms with van der Waals surface area (Å²) in [5.74, 6) is -1.73. The van der Waals surface area contributed by atoms with Crippen LogP contribution in [0, 0.1) is 11.6 Å². The van der Waals surface area contributed by atoms with E-state index in [0.29, 0.717) is 25.0 Å². The highest BCUT2D eigenvalue weighted by Gasteiger charge is 2.25. The first-order chi connectivity index (χ1) is 14.0. The van der Waals surface area contributed by atoms with Gasteiger partial charge in [0.1, 0.15) is 22.3 Å². The van der Waals surface area contributed by atoms with E-state index in [4.69, 9.17) is 4.74 Å². The molecule has 0 spiro atoms. The van der Waals surface area contributed by atoms with Crippen molar-refractivity contribution in [2.45, 2.75) is 31.5 Å². The zero-order chi connectivity index (χ0) is 20.4. The number of rotatable bonds is 5. The molecule has 0 bridgehead atoms. The third kappa shape index (κ3) is 4.24. The average molecular weight is 416 g/mol. The maximum atomic E-state index is 14.0. The van der Waals surface area contributed by atoms with Crippen molar-refractivity contribution in [1.82, 2.24) is 9.97 Å². The minimum atomic E-state index is -0.721. The summed E-state index contributed by atoms with van der Waals surface area (Å²) in [5.41, 5.74) is 1.40. The van der Waals surface area contributed by atoms with Crippen molar-refractivity contribution in [2.75, 3.05) is 6.61 Å². The van der Waals surface area contributed by atoms with Crippen LogP contribution in [0.2, 0.25) is 0 Å². The quantitative estimate of drug-likeness (QED) is 0.634. The van der Waals surface area contributed by atoms with Gasteiger partial charge in [-0.15, -0.1) is 11.3 Å². The van der Waals surface area contributed by atoms with Gasteiger partial charge in [0.15, 0.2) is 5.78 Å². The molecule has 3 heterocycles. The fourth-order valence-electron chi connectivity index (χ4n) is 3.38. The zero-order valence-corrected chi connectivity index (χ0v) is 16.2. The largest absolute Gasteiger partial charge is 0.393 e. The molecule has 2 aromatic heterocycles. The van der Waals surface area contributed by atoms with Crippen LogP contribution in [0.15, 0.2) is 42.0 Å². The van der Waals surface area contributed by atoms with Gasteiger partial charge in [0.25, 0.3) is 0 Å². The summed E-state index contributed by atoms with van der Waals surface area (Å²) in [4.78, 5) is 21.0. The van der Waals surface area contributed by atoms with Gasteiger partial charge in [-0.25, -0.2) is 13.8 Å². The molecule has 0 radical (unpaired) electrons. The number of hydrogen-bond donors (Lipinski definition) is 1. The molecule has 0 unspecified atom stereocenters. The van der Waals surface area contributed by atoms with Crippen LogP contribution in [0.5, 0.6) is 0 Å². The van der Waals surface area contributed by atoms with E-state index >= 15 is 0 Å². The summed E-state index contributed by atoms with van der Waals surface area (Å²) < 4.78 is 33.7. The molecule has 1 N–H and O–H groups in total. The van der Waals surface area contributed by atoms with Gasteiger partial charge in [0.2, 0.25) is 0 Å². The Morgan fingerprint density at radius 2 is 2.07 bits per heavy atom. The van der Waals surface area contributed by atoms with Gasteiger partial charge in [0, 0.05) is 37.2 Å². The molecule has 0 amide bonds. The molecular weight excluding hydrogens is 398 g/mol. The normalized spacial score (nSPS) is 19.3. The number of carbonyl (C=O) groups excluding carboxylic acids is 1. The highest BCUT2D eigenvalue weighted by atomic mass is 32.1. The van der Waals surface area contributed by atoms with E-state index in [-0.39, 0.29) is 34.6 Å². The molecule has 5 nitrogen and oxygen atoms in total. The molecular formula is C21H18F2N2O3S. The minimum absolute atomic E-state index is 0.0298. The monoisotopic (exact) mass is 416 g/mol. The molecule has 150 valence electrons. The Balaban J connectivity index is 1.56. The van der Waals surface area contributed by atoms with Crippen molar-refractivity contribution in [3.8, 4) is 10.6 Å². The summed E-state index contributed by atoms with van der Waals surface area (Å²) in [5, 5.41) is 11.5. The predicted molar refractivity (Wildman–Crippen MR) is 104 cm³/mol. The number of aromatic nitrogens is 2. The molecule has 29 heavy (non-hydrogen) atoms. The number of thiazole rings is 1. The molecule has 1 aliphatic heterocycles. The molecule has 4 rings (SSSR count). The van der Waals surface area contributed by atoms with E-state index in [1.54, 1.807) is 18.5 Å². The number of pyridine rings is 1. The lowest BCUT2D eigenvalue weighted by Gasteiger charge is -2.28. The first-order valence-corrected chi connectivity index (χ1v) is 10.1. The van der Waals surface area contributed by atoms with Crippen LogP contribution in [-0.2, 0) is 11.2 Å². The summed E-state index contributed by atoms with van der Waals surface area (Å²) in [7, 11) is 0. The molecule has 2 atom stereocenters. The number of ketones is 1. The first-order valence-electron chi connectivity index (χ1n) is 9.18. The van der Waals surface area contributed by atoms with Gasteiger partial charge in [-0.1, -0.05) is 6.07 Å². The Kier molecular flexibility index (Phi) is 5.75. The predicted octanol–water partition coefficient (Wildman–Crippen LogP) is 4.12. The zero-order valence-electron chi connectivity index (χ0n) is 15.3. The van der Waals surface area contributed by atoms with Crippen molar-refractivity contribution < 1.29 is 23.4 Å². The van der Waals surface area contributed by atoms with Crippen LogP contribution in [0.1, 0.15) is 40.6 Å². The van der Waals surface area contributed by atoms with Gasteiger partial charge >= 0.3 is 0 Å². The van der Waals surface area contributed by atoms with Gasteiger partial charge in [-0.05, 0) is 35.7 Å². The maximum Gasteiger partial charge on any atom is 0.186 e. The Morgan fingerprint density at radius 1 is 1.28 bits per heavy atom. The Hall–Kier alpha value is -2.55. The van der Waals surface area contributed by atoms with Gasteiger partial charge in [-0.2, -0.15) is 0 Å². The highest BCUT2D eigenvalue weighted by Crippen LogP contribution is 2.32. The summed E-state index contributed by atoms with van der Waals surface area (Å²) >= 11 is 1.02. The molecule has 3 aromatic rings. The van der Waals surface area contributed by atoms with E-state index in [1.165, 1.54) is 11.4 Å². The van der Waals surface area contributed by atoms with Crippen LogP contribution in [0.25, 0.3) is 10.6 Å². The standard InChI is InChI=1S/C21H18F2N2O3S/c22-15-2-1-3-16(23)20(15)21-25-17(11-29-21)18(27)8-12-10-24-6-4-14(12)19-9-13(26)5-7-28-19/h1-4,6,10-11,13,19,26H,5,7-9H2/t13-,19+/m1/s1. The first kappa shape index (κ1) is 19.8. The molecule has 0 saturated carbocycles. The van der Waals surface area contributed by atoms with Crippen LogP contribution < -0.4 is 0 Å². The number of nitrogens with zero attached hydrogens (tertiary/aromatic N) is 2. The molecule has 8 heteroatoms. The Bertz CT molecular complexity index is 1020. The SMILES string of the molecule is O=C(Cc1cnccc1[C@@H]1C[C@H](O)CCO1)c1csc(-c2c(F)cccc2F)n1. The second-order valence-corrected chi connectivity index (χ2v) is 7.70. The lowest BCUT2D eigenvalue weighted by atomic mass is 9.94. The maximum absolute atomic E-state index is 14.0.